The summed E-state index contributed by atoms with van der Waals surface area (Å²) in [4.78, 5) is 42.5. The zero-order valence-corrected chi connectivity index (χ0v) is 23.6. The van der Waals surface area contributed by atoms with E-state index in [0.29, 0.717) is 63.4 Å². The van der Waals surface area contributed by atoms with Gasteiger partial charge in [0.1, 0.15) is 0 Å². The molecule has 0 saturated carbocycles. The maximum atomic E-state index is 13.5. The molecule has 40 heavy (non-hydrogen) atoms. The number of sulfonamides is 1. The van der Waals surface area contributed by atoms with E-state index in [0.717, 1.165) is 31.2 Å². The van der Waals surface area contributed by atoms with Crippen molar-refractivity contribution in [1.82, 2.24) is 14.1 Å². The fraction of sp³-hybridized carbons (Fsp3) is 0.483. The number of rotatable bonds is 6. The van der Waals surface area contributed by atoms with Gasteiger partial charge < -0.3 is 19.9 Å². The van der Waals surface area contributed by atoms with Crippen molar-refractivity contribution in [2.75, 3.05) is 38.1 Å². The second-order valence-electron chi connectivity index (χ2n) is 10.5. The number of piperidine rings is 1. The summed E-state index contributed by atoms with van der Waals surface area (Å²) in [5.41, 5.74) is 1.93. The van der Waals surface area contributed by atoms with Gasteiger partial charge in [0.25, 0.3) is 11.8 Å². The van der Waals surface area contributed by atoms with Crippen LogP contribution in [0.15, 0.2) is 47.4 Å². The minimum Gasteiger partial charge on any atom is -0.450 e. The van der Waals surface area contributed by atoms with Gasteiger partial charge >= 0.3 is 6.09 Å². The SMILES string of the molecule is CCOC(=O)N1CCC(N2Cc3cccc(C(=O)Nc4ccc(S(=O)(=O)N5CCCCCC5)cc4)c3C2=O)CC1. The van der Waals surface area contributed by atoms with E-state index in [1.807, 2.05) is 6.07 Å². The molecule has 0 bridgehead atoms. The largest absolute Gasteiger partial charge is 0.450 e. The minimum absolute atomic E-state index is 0.0276. The van der Waals surface area contributed by atoms with Gasteiger partial charge in [-0.05, 0) is 68.5 Å². The fourth-order valence-corrected chi connectivity index (χ4v) is 7.30. The van der Waals surface area contributed by atoms with Crippen LogP contribution in [0.25, 0.3) is 0 Å². The van der Waals surface area contributed by atoms with Crippen LogP contribution < -0.4 is 5.32 Å². The van der Waals surface area contributed by atoms with E-state index in [2.05, 4.69) is 5.32 Å². The molecule has 2 aromatic rings. The smallest absolute Gasteiger partial charge is 0.409 e. The Hall–Kier alpha value is -3.44. The topological polar surface area (TPSA) is 116 Å². The first-order valence-corrected chi connectivity index (χ1v) is 15.5. The number of hydrogen-bond donors (Lipinski definition) is 1. The summed E-state index contributed by atoms with van der Waals surface area (Å²) in [5.74, 6) is -0.610. The van der Waals surface area contributed by atoms with Crippen molar-refractivity contribution in [1.29, 1.82) is 0 Å². The molecule has 0 unspecified atom stereocenters. The molecule has 3 aliphatic rings. The Kier molecular flexibility index (Phi) is 8.41. The van der Waals surface area contributed by atoms with Gasteiger partial charge in [0, 0.05) is 44.5 Å². The molecule has 2 fully saturated rings. The number of fused-ring (bicyclic) bond motifs is 1. The van der Waals surface area contributed by atoms with E-state index in [1.54, 1.807) is 45.3 Å². The Morgan fingerprint density at radius 3 is 2.27 bits per heavy atom. The molecule has 3 amide bonds. The third kappa shape index (κ3) is 5.71. The van der Waals surface area contributed by atoms with Crippen LogP contribution in [0, 0.1) is 0 Å². The van der Waals surface area contributed by atoms with Gasteiger partial charge in [0.15, 0.2) is 0 Å². The Bertz CT molecular complexity index is 1360. The molecular weight excluding hydrogens is 532 g/mol. The number of benzene rings is 2. The quantitative estimate of drug-likeness (QED) is 0.561. The van der Waals surface area contributed by atoms with Crippen LogP contribution in [0.4, 0.5) is 10.5 Å². The van der Waals surface area contributed by atoms with E-state index >= 15 is 0 Å². The van der Waals surface area contributed by atoms with Gasteiger partial charge in [-0.25, -0.2) is 13.2 Å². The number of hydrogen-bond acceptors (Lipinski definition) is 6. The van der Waals surface area contributed by atoms with E-state index in [4.69, 9.17) is 4.74 Å². The van der Waals surface area contributed by atoms with Gasteiger partial charge in [-0.1, -0.05) is 25.0 Å². The molecule has 3 aliphatic heterocycles. The van der Waals surface area contributed by atoms with Crippen LogP contribution >= 0.6 is 0 Å². The second kappa shape index (κ2) is 12.0. The van der Waals surface area contributed by atoms with Crippen molar-refractivity contribution < 1.29 is 27.5 Å². The molecular formula is C29H36N4O6S. The van der Waals surface area contributed by atoms with E-state index in [9.17, 15) is 22.8 Å². The number of likely N-dealkylation sites (tertiary alicyclic amines) is 1. The summed E-state index contributed by atoms with van der Waals surface area (Å²) >= 11 is 0. The first kappa shape index (κ1) is 28.1. The highest BCUT2D eigenvalue weighted by Gasteiger charge is 2.37. The van der Waals surface area contributed by atoms with Crippen molar-refractivity contribution in [3.8, 4) is 0 Å². The molecule has 11 heteroatoms. The zero-order chi connectivity index (χ0) is 28.3. The Morgan fingerprint density at radius 2 is 1.62 bits per heavy atom. The van der Waals surface area contributed by atoms with Crippen molar-refractivity contribution >= 4 is 33.6 Å². The predicted molar refractivity (Wildman–Crippen MR) is 150 cm³/mol. The number of carbonyl (C=O) groups excluding carboxylic acids is 3. The lowest BCUT2D eigenvalue weighted by Crippen LogP contribution is -2.47. The standard InChI is InChI=1S/C29H36N4O6S/c1-2-39-29(36)31-18-14-23(15-19-31)33-20-21-8-7-9-25(26(21)28(33)35)27(34)30-22-10-12-24(13-11-22)40(37,38)32-16-5-3-4-6-17-32/h7-13,23H,2-6,14-20H2,1H3,(H,30,34). The van der Waals surface area contributed by atoms with Crippen LogP contribution in [0.3, 0.4) is 0 Å². The summed E-state index contributed by atoms with van der Waals surface area (Å²) in [5, 5.41) is 2.83. The third-order valence-corrected chi connectivity index (χ3v) is 9.87. The van der Waals surface area contributed by atoms with Crippen LogP contribution in [0.2, 0.25) is 0 Å². The van der Waals surface area contributed by atoms with Crippen molar-refractivity contribution in [2.45, 2.75) is 62.9 Å². The Morgan fingerprint density at radius 1 is 0.950 bits per heavy atom. The number of amides is 3. The molecule has 1 N–H and O–H groups in total. The molecule has 0 atom stereocenters. The van der Waals surface area contributed by atoms with Crippen LogP contribution in [0.1, 0.15) is 71.7 Å². The molecule has 10 nitrogen and oxygen atoms in total. The second-order valence-corrected chi connectivity index (χ2v) is 12.4. The highest BCUT2D eigenvalue weighted by Crippen LogP contribution is 2.31. The molecule has 0 aromatic heterocycles. The maximum absolute atomic E-state index is 13.5. The number of nitrogens with zero attached hydrogens (tertiary/aromatic N) is 3. The van der Waals surface area contributed by atoms with Gasteiger partial charge in [-0.2, -0.15) is 4.31 Å². The summed E-state index contributed by atoms with van der Waals surface area (Å²) in [7, 11) is -3.58. The molecule has 0 radical (unpaired) electrons. The first-order valence-electron chi connectivity index (χ1n) is 14.1. The molecule has 2 saturated heterocycles. The van der Waals surface area contributed by atoms with Crippen molar-refractivity contribution in [2.24, 2.45) is 0 Å². The predicted octanol–water partition coefficient (Wildman–Crippen LogP) is 4.08. The molecule has 3 heterocycles. The number of carbonyl (C=O) groups is 3. The lowest BCUT2D eigenvalue weighted by Gasteiger charge is -2.36. The summed E-state index contributed by atoms with van der Waals surface area (Å²) < 4.78 is 32.8. The van der Waals surface area contributed by atoms with Crippen LogP contribution in [-0.2, 0) is 21.3 Å². The highest BCUT2D eigenvalue weighted by molar-refractivity contribution is 7.89. The number of nitrogens with one attached hydrogen (secondary N) is 1. The minimum atomic E-state index is -3.58. The van der Waals surface area contributed by atoms with E-state index < -0.39 is 15.9 Å². The molecule has 0 aliphatic carbocycles. The molecule has 5 rings (SSSR count). The lowest BCUT2D eigenvalue weighted by atomic mass is 10.0. The first-order chi connectivity index (χ1) is 19.3. The van der Waals surface area contributed by atoms with Crippen molar-refractivity contribution in [3.63, 3.8) is 0 Å². The Balaban J connectivity index is 1.25. The van der Waals surface area contributed by atoms with E-state index in [1.165, 1.54) is 12.1 Å². The average Bonchev–Trinajstić information content (AvgIpc) is 3.11. The van der Waals surface area contributed by atoms with Gasteiger partial charge in [-0.3, -0.25) is 9.59 Å². The number of ether oxygens (including phenoxy) is 1. The maximum Gasteiger partial charge on any atom is 0.409 e. The average molecular weight is 569 g/mol. The molecule has 0 spiro atoms. The normalized spacial score (nSPS) is 18.8. The van der Waals surface area contributed by atoms with Gasteiger partial charge in [0.05, 0.1) is 22.6 Å². The van der Waals surface area contributed by atoms with Crippen molar-refractivity contribution in [3.05, 3.63) is 59.2 Å². The number of anilines is 1. The summed E-state index contributed by atoms with van der Waals surface area (Å²) in [6, 6.07) is 11.4. The third-order valence-electron chi connectivity index (χ3n) is 7.96. The van der Waals surface area contributed by atoms with Gasteiger partial charge in [0.2, 0.25) is 10.0 Å². The lowest BCUT2D eigenvalue weighted by molar-refractivity contribution is 0.0556. The zero-order valence-electron chi connectivity index (χ0n) is 22.8. The van der Waals surface area contributed by atoms with E-state index in [-0.39, 0.29) is 28.5 Å². The van der Waals surface area contributed by atoms with Crippen LogP contribution in [-0.4, -0.2) is 79.3 Å². The van der Waals surface area contributed by atoms with Crippen LogP contribution in [0.5, 0.6) is 0 Å². The van der Waals surface area contributed by atoms with Gasteiger partial charge in [-0.15, -0.1) is 0 Å². The summed E-state index contributed by atoms with van der Waals surface area (Å²) in [6.07, 6.45) is 4.75. The molecule has 2 aromatic carbocycles. The molecule has 214 valence electrons. The highest BCUT2D eigenvalue weighted by atomic mass is 32.2. The monoisotopic (exact) mass is 568 g/mol. The fourth-order valence-electron chi connectivity index (χ4n) is 5.78. The Labute approximate surface area is 235 Å². The summed E-state index contributed by atoms with van der Waals surface area (Å²) in [6.45, 7) is 4.59.